The number of amides is 1. The van der Waals surface area contributed by atoms with Crippen LogP contribution < -0.4 is 10.1 Å². The third kappa shape index (κ3) is 3.37. The molecule has 1 aromatic heterocycles. The number of carbonyl (C=O) groups is 1. The van der Waals surface area contributed by atoms with E-state index in [2.05, 4.69) is 10.4 Å². The lowest BCUT2D eigenvalue weighted by molar-refractivity contribution is 0.102. The van der Waals surface area contributed by atoms with E-state index in [1.165, 1.54) is 7.11 Å². The van der Waals surface area contributed by atoms with Crippen molar-refractivity contribution >= 4 is 23.2 Å². The Morgan fingerprint density at radius 2 is 1.88 bits per heavy atom. The van der Waals surface area contributed by atoms with Crippen molar-refractivity contribution < 1.29 is 9.53 Å². The van der Waals surface area contributed by atoms with Crippen molar-refractivity contribution in [2.75, 3.05) is 12.4 Å². The molecule has 0 aliphatic rings. The predicted molar refractivity (Wildman–Crippen MR) is 99.0 cm³/mol. The van der Waals surface area contributed by atoms with Gasteiger partial charge < -0.3 is 10.1 Å². The van der Waals surface area contributed by atoms with E-state index in [-0.39, 0.29) is 5.91 Å². The first kappa shape index (κ1) is 17.0. The lowest BCUT2D eigenvalue weighted by atomic mass is 10.1. The molecule has 0 aliphatic heterocycles. The number of aromatic nitrogens is 2. The SMILES string of the molecule is COc1ccc(Cl)cc1C(=O)Nc1c(C)nn(-c2ccccc2)c1C. The second kappa shape index (κ2) is 6.99. The Morgan fingerprint density at radius 3 is 2.56 bits per heavy atom. The highest BCUT2D eigenvalue weighted by Gasteiger charge is 2.18. The number of methoxy groups -OCH3 is 1. The minimum atomic E-state index is -0.293. The fraction of sp³-hybridized carbons (Fsp3) is 0.158. The van der Waals surface area contributed by atoms with Gasteiger partial charge in [0.2, 0.25) is 0 Å². The van der Waals surface area contributed by atoms with Crippen LogP contribution in [0.5, 0.6) is 5.75 Å². The van der Waals surface area contributed by atoms with Crippen LogP contribution in [-0.2, 0) is 0 Å². The molecule has 6 heteroatoms. The number of carbonyl (C=O) groups excluding carboxylic acids is 1. The lowest BCUT2D eigenvalue weighted by Gasteiger charge is -2.10. The van der Waals surface area contributed by atoms with E-state index in [1.807, 2.05) is 44.2 Å². The number of ether oxygens (including phenoxy) is 1. The largest absolute Gasteiger partial charge is 0.496 e. The smallest absolute Gasteiger partial charge is 0.259 e. The summed E-state index contributed by atoms with van der Waals surface area (Å²) in [6.45, 7) is 3.77. The molecule has 0 atom stereocenters. The van der Waals surface area contributed by atoms with Gasteiger partial charge in [0.05, 0.1) is 35.4 Å². The molecule has 0 saturated heterocycles. The van der Waals surface area contributed by atoms with Crippen LogP contribution in [0.25, 0.3) is 5.69 Å². The van der Waals surface area contributed by atoms with Crippen LogP contribution in [0.4, 0.5) is 5.69 Å². The Morgan fingerprint density at radius 1 is 1.16 bits per heavy atom. The summed E-state index contributed by atoms with van der Waals surface area (Å²) in [4.78, 5) is 12.7. The molecule has 0 aliphatic carbocycles. The zero-order valence-electron chi connectivity index (χ0n) is 14.2. The minimum absolute atomic E-state index is 0.293. The minimum Gasteiger partial charge on any atom is -0.496 e. The molecule has 1 N–H and O–H groups in total. The topological polar surface area (TPSA) is 56.1 Å². The van der Waals surface area contributed by atoms with Crippen LogP contribution in [0.1, 0.15) is 21.7 Å². The van der Waals surface area contributed by atoms with Crippen molar-refractivity contribution in [3.63, 3.8) is 0 Å². The molecule has 0 unspecified atom stereocenters. The number of benzene rings is 2. The van der Waals surface area contributed by atoms with Gasteiger partial charge in [-0.2, -0.15) is 5.10 Å². The molecule has 3 aromatic rings. The zero-order valence-corrected chi connectivity index (χ0v) is 15.0. The van der Waals surface area contributed by atoms with Crippen LogP contribution in [0.2, 0.25) is 5.02 Å². The van der Waals surface area contributed by atoms with E-state index in [0.717, 1.165) is 17.1 Å². The number of anilines is 1. The van der Waals surface area contributed by atoms with E-state index in [0.29, 0.717) is 22.0 Å². The van der Waals surface area contributed by atoms with Gasteiger partial charge in [-0.25, -0.2) is 4.68 Å². The Kier molecular flexibility index (Phi) is 4.76. The molecule has 3 rings (SSSR count). The Labute approximate surface area is 151 Å². The number of hydrogen-bond acceptors (Lipinski definition) is 3. The maximum absolute atomic E-state index is 12.7. The first-order valence-corrected chi connectivity index (χ1v) is 8.15. The summed E-state index contributed by atoms with van der Waals surface area (Å²) in [5, 5.41) is 7.93. The molecule has 0 bridgehead atoms. The third-order valence-electron chi connectivity index (χ3n) is 3.94. The van der Waals surface area contributed by atoms with Gasteiger partial charge in [-0.1, -0.05) is 29.8 Å². The molecular weight excluding hydrogens is 338 g/mol. The van der Waals surface area contributed by atoms with Crippen molar-refractivity contribution in [3.8, 4) is 11.4 Å². The Balaban J connectivity index is 1.95. The maximum atomic E-state index is 12.7. The number of aryl methyl sites for hydroxylation is 1. The maximum Gasteiger partial charge on any atom is 0.259 e. The van der Waals surface area contributed by atoms with Crippen LogP contribution in [0, 0.1) is 13.8 Å². The average molecular weight is 356 g/mol. The second-order valence-electron chi connectivity index (χ2n) is 5.59. The summed E-state index contributed by atoms with van der Waals surface area (Å²) in [7, 11) is 1.52. The molecule has 1 amide bonds. The molecule has 0 radical (unpaired) electrons. The zero-order chi connectivity index (χ0) is 18.0. The number of para-hydroxylation sites is 1. The van der Waals surface area contributed by atoms with E-state index in [9.17, 15) is 4.79 Å². The summed E-state index contributed by atoms with van der Waals surface area (Å²) < 4.78 is 7.06. The first-order chi connectivity index (χ1) is 12.0. The molecule has 25 heavy (non-hydrogen) atoms. The highest BCUT2D eigenvalue weighted by atomic mass is 35.5. The van der Waals surface area contributed by atoms with E-state index >= 15 is 0 Å². The fourth-order valence-corrected chi connectivity index (χ4v) is 2.85. The van der Waals surface area contributed by atoms with Gasteiger partial charge in [0.1, 0.15) is 5.75 Å². The highest BCUT2D eigenvalue weighted by molar-refractivity contribution is 6.31. The average Bonchev–Trinajstić information content (AvgIpc) is 2.90. The molecule has 128 valence electrons. The van der Waals surface area contributed by atoms with Gasteiger partial charge in [0.25, 0.3) is 5.91 Å². The summed E-state index contributed by atoms with van der Waals surface area (Å²) in [6, 6.07) is 14.7. The molecule has 1 heterocycles. The van der Waals surface area contributed by atoms with Gasteiger partial charge in [-0.3, -0.25) is 4.79 Å². The molecular formula is C19H18ClN3O2. The number of nitrogens with one attached hydrogen (secondary N) is 1. The van der Waals surface area contributed by atoms with Gasteiger partial charge in [0.15, 0.2) is 0 Å². The standard InChI is InChI=1S/C19H18ClN3O2/c1-12-18(13(2)23(22-12)15-7-5-4-6-8-15)21-19(24)16-11-14(20)9-10-17(16)25-3/h4-11H,1-3H3,(H,21,24). The van der Waals surface area contributed by atoms with Crippen molar-refractivity contribution in [2.45, 2.75) is 13.8 Å². The number of halogens is 1. The molecule has 2 aromatic carbocycles. The van der Waals surface area contributed by atoms with Crippen LogP contribution in [0.15, 0.2) is 48.5 Å². The predicted octanol–water partition coefficient (Wildman–Crippen LogP) is 4.40. The monoisotopic (exact) mass is 355 g/mol. The number of nitrogens with zero attached hydrogens (tertiary/aromatic N) is 2. The summed E-state index contributed by atoms with van der Waals surface area (Å²) in [6.07, 6.45) is 0. The fourth-order valence-electron chi connectivity index (χ4n) is 2.68. The number of rotatable bonds is 4. The van der Waals surface area contributed by atoms with Gasteiger partial charge in [-0.15, -0.1) is 0 Å². The van der Waals surface area contributed by atoms with Gasteiger partial charge in [0, 0.05) is 5.02 Å². The Bertz CT molecular complexity index is 920. The van der Waals surface area contributed by atoms with Crippen molar-refractivity contribution in [1.82, 2.24) is 9.78 Å². The van der Waals surface area contributed by atoms with E-state index < -0.39 is 0 Å². The summed E-state index contributed by atoms with van der Waals surface area (Å²) >= 11 is 6.02. The van der Waals surface area contributed by atoms with Gasteiger partial charge >= 0.3 is 0 Å². The second-order valence-corrected chi connectivity index (χ2v) is 6.03. The van der Waals surface area contributed by atoms with Crippen LogP contribution >= 0.6 is 11.6 Å². The Hall–Kier alpha value is -2.79. The number of hydrogen-bond donors (Lipinski definition) is 1. The lowest BCUT2D eigenvalue weighted by Crippen LogP contribution is -2.14. The van der Waals surface area contributed by atoms with Gasteiger partial charge in [-0.05, 0) is 44.2 Å². The third-order valence-corrected chi connectivity index (χ3v) is 4.17. The molecule has 0 fully saturated rings. The molecule has 0 spiro atoms. The highest BCUT2D eigenvalue weighted by Crippen LogP contribution is 2.27. The van der Waals surface area contributed by atoms with Crippen molar-refractivity contribution in [3.05, 3.63) is 70.5 Å². The van der Waals surface area contributed by atoms with E-state index in [1.54, 1.807) is 22.9 Å². The van der Waals surface area contributed by atoms with Crippen molar-refractivity contribution in [1.29, 1.82) is 0 Å². The van der Waals surface area contributed by atoms with Crippen LogP contribution in [-0.4, -0.2) is 22.8 Å². The summed E-state index contributed by atoms with van der Waals surface area (Å²) in [5.41, 5.74) is 3.56. The van der Waals surface area contributed by atoms with Crippen molar-refractivity contribution in [2.24, 2.45) is 0 Å². The molecule has 5 nitrogen and oxygen atoms in total. The first-order valence-electron chi connectivity index (χ1n) is 7.78. The van der Waals surface area contributed by atoms with Crippen LogP contribution in [0.3, 0.4) is 0 Å². The van der Waals surface area contributed by atoms with E-state index in [4.69, 9.17) is 16.3 Å². The normalized spacial score (nSPS) is 10.6. The summed E-state index contributed by atoms with van der Waals surface area (Å²) in [5.74, 6) is 0.172. The molecule has 0 saturated carbocycles. The quantitative estimate of drug-likeness (QED) is 0.754.